The molecule has 0 aliphatic heterocycles. The van der Waals surface area contributed by atoms with Crippen molar-refractivity contribution in [2.24, 2.45) is 5.92 Å². The van der Waals surface area contributed by atoms with Gasteiger partial charge in [0.05, 0.1) is 0 Å². The van der Waals surface area contributed by atoms with Crippen LogP contribution in [-0.2, 0) is 5.41 Å². The lowest BCUT2D eigenvalue weighted by Gasteiger charge is -2.47. The van der Waals surface area contributed by atoms with Crippen molar-refractivity contribution in [1.29, 1.82) is 0 Å². The highest BCUT2D eigenvalue weighted by Gasteiger charge is 2.43. The standard InChI is InChI=1S/C14H20N2/c1-11-8-14(9-11,10-16-13-2-3-13)12-4-6-15-7-5-12/h4-7,11,13,16H,2-3,8-10H2,1H3. The first-order chi connectivity index (χ1) is 7.78. The van der Waals surface area contributed by atoms with Crippen LogP contribution in [0, 0.1) is 5.92 Å². The van der Waals surface area contributed by atoms with Gasteiger partial charge in [-0.1, -0.05) is 6.92 Å². The van der Waals surface area contributed by atoms with Gasteiger partial charge in [0.15, 0.2) is 0 Å². The van der Waals surface area contributed by atoms with Gasteiger partial charge in [0, 0.05) is 30.4 Å². The predicted molar refractivity (Wildman–Crippen MR) is 65.3 cm³/mol. The molecule has 0 radical (unpaired) electrons. The summed E-state index contributed by atoms with van der Waals surface area (Å²) in [6, 6.07) is 5.20. The van der Waals surface area contributed by atoms with Crippen molar-refractivity contribution >= 4 is 0 Å². The lowest BCUT2D eigenvalue weighted by atomic mass is 9.59. The second-order valence-electron chi connectivity index (χ2n) is 5.68. The van der Waals surface area contributed by atoms with Crippen LogP contribution in [0.15, 0.2) is 24.5 Å². The molecule has 2 aliphatic rings. The molecule has 2 nitrogen and oxygen atoms in total. The molecule has 2 saturated carbocycles. The van der Waals surface area contributed by atoms with E-state index < -0.39 is 0 Å². The summed E-state index contributed by atoms with van der Waals surface area (Å²) in [6.07, 6.45) is 9.27. The minimum Gasteiger partial charge on any atom is -0.313 e. The molecule has 0 atom stereocenters. The van der Waals surface area contributed by atoms with Gasteiger partial charge in [-0.3, -0.25) is 4.98 Å². The van der Waals surface area contributed by atoms with Crippen LogP contribution in [0.2, 0.25) is 0 Å². The maximum Gasteiger partial charge on any atom is 0.0270 e. The fourth-order valence-corrected chi connectivity index (χ4v) is 3.09. The summed E-state index contributed by atoms with van der Waals surface area (Å²) in [5, 5.41) is 3.70. The van der Waals surface area contributed by atoms with Gasteiger partial charge in [0.1, 0.15) is 0 Å². The normalized spacial score (nSPS) is 33.4. The zero-order valence-electron chi connectivity index (χ0n) is 9.95. The van der Waals surface area contributed by atoms with Gasteiger partial charge < -0.3 is 5.32 Å². The molecule has 0 aromatic carbocycles. The molecule has 1 aromatic rings. The van der Waals surface area contributed by atoms with Crippen LogP contribution in [0.4, 0.5) is 0 Å². The average molecular weight is 216 g/mol. The third-order valence-electron chi connectivity index (χ3n) is 4.08. The molecule has 86 valence electrons. The Morgan fingerprint density at radius 3 is 2.56 bits per heavy atom. The molecule has 2 heteroatoms. The largest absolute Gasteiger partial charge is 0.313 e. The molecule has 3 rings (SSSR count). The van der Waals surface area contributed by atoms with E-state index in [9.17, 15) is 0 Å². The second kappa shape index (κ2) is 3.85. The van der Waals surface area contributed by atoms with Crippen LogP contribution in [0.25, 0.3) is 0 Å². The molecule has 1 N–H and O–H groups in total. The smallest absolute Gasteiger partial charge is 0.0270 e. The summed E-state index contributed by atoms with van der Waals surface area (Å²) in [5.74, 6) is 0.883. The number of nitrogens with one attached hydrogen (secondary N) is 1. The first kappa shape index (κ1) is 10.3. The Bertz CT molecular complexity index is 350. The SMILES string of the molecule is CC1CC(CNC2CC2)(c2ccncc2)C1. The van der Waals surface area contributed by atoms with Gasteiger partial charge in [-0.25, -0.2) is 0 Å². The van der Waals surface area contributed by atoms with Crippen molar-refractivity contribution in [1.82, 2.24) is 10.3 Å². The molecule has 0 amide bonds. The summed E-state index contributed by atoms with van der Waals surface area (Å²) < 4.78 is 0. The van der Waals surface area contributed by atoms with E-state index in [1.54, 1.807) is 0 Å². The number of aromatic nitrogens is 1. The highest BCUT2D eigenvalue weighted by Crippen LogP contribution is 2.47. The molecule has 1 aromatic heterocycles. The van der Waals surface area contributed by atoms with Crippen LogP contribution in [-0.4, -0.2) is 17.6 Å². The number of hydrogen-bond donors (Lipinski definition) is 1. The summed E-state index contributed by atoms with van der Waals surface area (Å²) in [6.45, 7) is 3.52. The summed E-state index contributed by atoms with van der Waals surface area (Å²) >= 11 is 0. The zero-order valence-corrected chi connectivity index (χ0v) is 9.95. The van der Waals surface area contributed by atoms with Crippen LogP contribution < -0.4 is 5.32 Å². The van der Waals surface area contributed by atoms with E-state index in [1.165, 1.54) is 31.2 Å². The number of hydrogen-bond acceptors (Lipinski definition) is 2. The Balaban J connectivity index is 1.74. The van der Waals surface area contributed by atoms with Gasteiger partial charge in [-0.2, -0.15) is 0 Å². The summed E-state index contributed by atoms with van der Waals surface area (Å²) in [7, 11) is 0. The van der Waals surface area contributed by atoms with E-state index in [2.05, 4.69) is 29.4 Å². The van der Waals surface area contributed by atoms with E-state index in [0.29, 0.717) is 5.41 Å². The van der Waals surface area contributed by atoms with E-state index in [0.717, 1.165) is 18.5 Å². The van der Waals surface area contributed by atoms with E-state index in [1.807, 2.05) is 12.4 Å². The highest BCUT2D eigenvalue weighted by molar-refractivity contribution is 5.27. The number of pyridine rings is 1. The maximum atomic E-state index is 4.12. The van der Waals surface area contributed by atoms with Gasteiger partial charge in [0.25, 0.3) is 0 Å². The second-order valence-corrected chi connectivity index (χ2v) is 5.68. The topological polar surface area (TPSA) is 24.9 Å². The van der Waals surface area contributed by atoms with Crippen LogP contribution in [0.1, 0.15) is 38.2 Å². The fraction of sp³-hybridized carbons (Fsp3) is 0.643. The molecule has 0 bridgehead atoms. The van der Waals surface area contributed by atoms with Gasteiger partial charge in [0.2, 0.25) is 0 Å². The first-order valence-electron chi connectivity index (χ1n) is 6.42. The molecular formula is C14H20N2. The van der Waals surface area contributed by atoms with Crippen molar-refractivity contribution in [2.75, 3.05) is 6.54 Å². The minimum atomic E-state index is 0.408. The van der Waals surface area contributed by atoms with Crippen LogP contribution in [0.5, 0.6) is 0 Å². The van der Waals surface area contributed by atoms with Crippen molar-refractivity contribution in [3.05, 3.63) is 30.1 Å². The molecule has 0 unspecified atom stereocenters. The molecule has 2 aliphatic carbocycles. The first-order valence-corrected chi connectivity index (χ1v) is 6.42. The molecule has 16 heavy (non-hydrogen) atoms. The Hall–Kier alpha value is -0.890. The Labute approximate surface area is 97.5 Å². The van der Waals surface area contributed by atoms with Crippen LogP contribution >= 0.6 is 0 Å². The third-order valence-corrected chi connectivity index (χ3v) is 4.08. The summed E-state index contributed by atoms with van der Waals surface area (Å²) in [4.78, 5) is 4.12. The lowest BCUT2D eigenvalue weighted by molar-refractivity contribution is 0.152. The predicted octanol–water partition coefficient (Wildman–Crippen LogP) is 2.50. The fourth-order valence-electron chi connectivity index (χ4n) is 3.09. The lowest BCUT2D eigenvalue weighted by Crippen LogP contribution is -2.48. The van der Waals surface area contributed by atoms with Gasteiger partial charge >= 0.3 is 0 Å². The van der Waals surface area contributed by atoms with E-state index in [4.69, 9.17) is 0 Å². The quantitative estimate of drug-likeness (QED) is 0.836. The van der Waals surface area contributed by atoms with Gasteiger partial charge in [-0.15, -0.1) is 0 Å². The monoisotopic (exact) mass is 216 g/mol. The summed E-state index contributed by atoms with van der Waals surface area (Å²) in [5.41, 5.74) is 1.89. The Kier molecular flexibility index (Phi) is 2.47. The van der Waals surface area contributed by atoms with Gasteiger partial charge in [-0.05, 0) is 49.3 Å². The number of nitrogens with zero attached hydrogens (tertiary/aromatic N) is 1. The van der Waals surface area contributed by atoms with E-state index in [-0.39, 0.29) is 0 Å². The zero-order chi connectivity index (χ0) is 11.0. The number of rotatable bonds is 4. The minimum absolute atomic E-state index is 0.408. The third kappa shape index (κ3) is 1.86. The molecule has 1 heterocycles. The molecule has 0 spiro atoms. The highest BCUT2D eigenvalue weighted by atomic mass is 15.0. The molecule has 2 fully saturated rings. The maximum absolute atomic E-state index is 4.12. The molecular weight excluding hydrogens is 196 g/mol. The van der Waals surface area contributed by atoms with Crippen molar-refractivity contribution < 1.29 is 0 Å². The van der Waals surface area contributed by atoms with Crippen molar-refractivity contribution in [3.8, 4) is 0 Å². The van der Waals surface area contributed by atoms with E-state index >= 15 is 0 Å². The average Bonchev–Trinajstić information content (AvgIpc) is 3.08. The molecule has 0 saturated heterocycles. The van der Waals surface area contributed by atoms with Crippen LogP contribution in [0.3, 0.4) is 0 Å². The van der Waals surface area contributed by atoms with Crippen molar-refractivity contribution in [3.63, 3.8) is 0 Å². The Morgan fingerprint density at radius 2 is 2.00 bits per heavy atom. The van der Waals surface area contributed by atoms with Crippen molar-refractivity contribution in [2.45, 2.75) is 44.1 Å². The Morgan fingerprint density at radius 1 is 1.31 bits per heavy atom.